The van der Waals surface area contributed by atoms with Gasteiger partial charge in [0.2, 0.25) is 5.91 Å². The maximum Gasteiger partial charge on any atom is 0.225 e. The first-order chi connectivity index (χ1) is 12.7. The predicted octanol–water partition coefficient (Wildman–Crippen LogP) is 3.19. The quantitative estimate of drug-likeness (QED) is 0.626. The molecule has 26 heavy (non-hydrogen) atoms. The van der Waals surface area contributed by atoms with E-state index in [4.69, 9.17) is 11.6 Å². The van der Waals surface area contributed by atoms with Crippen molar-refractivity contribution in [2.75, 3.05) is 20.1 Å². The van der Waals surface area contributed by atoms with Crippen LogP contribution in [0, 0.1) is 5.92 Å². The van der Waals surface area contributed by atoms with E-state index in [1.807, 2.05) is 29.2 Å². The second-order valence-corrected chi connectivity index (χ2v) is 7.74. The van der Waals surface area contributed by atoms with Gasteiger partial charge in [0, 0.05) is 43.7 Å². The molecule has 1 heterocycles. The van der Waals surface area contributed by atoms with Gasteiger partial charge in [-0.05, 0) is 37.0 Å². The van der Waals surface area contributed by atoms with Crippen molar-refractivity contribution < 1.29 is 4.79 Å². The third-order valence-electron chi connectivity index (χ3n) is 5.37. The van der Waals surface area contributed by atoms with E-state index in [1.165, 1.54) is 19.3 Å². The highest BCUT2D eigenvalue weighted by Crippen LogP contribution is 2.26. The lowest BCUT2D eigenvalue weighted by molar-refractivity contribution is -0.135. The molecule has 1 unspecified atom stereocenters. The van der Waals surface area contributed by atoms with Crippen LogP contribution in [0.25, 0.3) is 0 Å². The van der Waals surface area contributed by atoms with Gasteiger partial charge in [0.25, 0.3) is 0 Å². The lowest BCUT2D eigenvalue weighted by Gasteiger charge is -2.26. The van der Waals surface area contributed by atoms with Gasteiger partial charge < -0.3 is 15.5 Å². The SMILES string of the molecule is CN=C(NCc1cccc(Cl)c1)NC1CCN(C(=O)C2CCCCC2)C1. The summed E-state index contributed by atoms with van der Waals surface area (Å²) in [4.78, 5) is 19.0. The van der Waals surface area contributed by atoms with Gasteiger partial charge in [0.15, 0.2) is 5.96 Å². The fraction of sp³-hybridized carbons (Fsp3) is 0.600. The molecule has 2 fully saturated rings. The first kappa shape index (κ1) is 19.0. The fourth-order valence-electron chi connectivity index (χ4n) is 3.91. The van der Waals surface area contributed by atoms with Gasteiger partial charge in [0.1, 0.15) is 0 Å². The summed E-state index contributed by atoms with van der Waals surface area (Å²) in [5.41, 5.74) is 1.11. The normalized spacial score (nSPS) is 21.7. The Bertz CT molecular complexity index is 642. The van der Waals surface area contributed by atoms with Crippen LogP contribution < -0.4 is 10.6 Å². The van der Waals surface area contributed by atoms with Crippen LogP contribution in [0.5, 0.6) is 0 Å². The highest BCUT2D eigenvalue weighted by molar-refractivity contribution is 6.30. The average Bonchev–Trinajstić information content (AvgIpc) is 3.14. The Hall–Kier alpha value is -1.75. The van der Waals surface area contributed by atoms with Crippen LogP contribution in [0.4, 0.5) is 0 Å². The van der Waals surface area contributed by atoms with Crippen LogP contribution in [0.3, 0.4) is 0 Å². The van der Waals surface area contributed by atoms with E-state index in [0.29, 0.717) is 12.5 Å². The number of benzene rings is 1. The van der Waals surface area contributed by atoms with Crippen LogP contribution in [0.15, 0.2) is 29.3 Å². The molecule has 3 rings (SSSR count). The molecule has 1 saturated carbocycles. The maximum atomic E-state index is 12.7. The van der Waals surface area contributed by atoms with E-state index in [-0.39, 0.29) is 12.0 Å². The third kappa shape index (κ3) is 5.13. The highest BCUT2D eigenvalue weighted by Gasteiger charge is 2.31. The number of halogens is 1. The summed E-state index contributed by atoms with van der Waals surface area (Å²) in [5.74, 6) is 1.38. The lowest BCUT2D eigenvalue weighted by Crippen LogP contribution is -2.45. The first-order valence-electron chi connectivity index (χ1n) is 9.66. The monoisotopic (exact) mass is 376 g/mol. The molecular weight excluding hydrogens is 348 g/mol. The molecule has 6 heteroatoms. The molecule has 1 saturated heterocycles. The molecule has 0 spiro atoms. The highest BCUT2D eigenvalue weighted by atomic mass is 35.5. The number of nitrogens with one attached hydrogen (secondary N) is 2. The van der Waals surface area contributed by atoms with Crippen molar-refractivity contribution in [3.8, 4) is 0 Å². The Labute approximate surface area is 161 Å². The molecule has 2 aliphatic rings. The van der Waals surface area contributed by atoms with E-state index in [0.717, 1.165) is 48.9 Å². The summed E-state index contributed by atoms with van der Waals surface area (Å²) in [6.07, 6.45) is 6.78. The van der Waals surface area contributed by atoms with Gasteiger partial charge in [-0.25, -0.2) is 0 Å². The second-order valence-electron chi connectivity index (χ2n) is 7.30. The Balaban J connectivity index is 1.46. The largest absolute Gasteiger partial charge is 0.352 e. The van der Waals surface area contributed by atoms with Gasteiger partial charge in [0.05, 0.1) is 0 Å². The van der Waals surface area contributed by atoms with Crippen LogP contribution in [-0.4, -0.2) is 42.9 Å². The standard InChI is InChI=1S/C20H29ClN4O/c1-22-20(23-13-15-6-5-9-17(21)12-15)24-18-10-11-25(14-18)19(26)16-7-3-2-4-8-16/h5-6,9,12,16,18H,2-4,7-8,10-11,13-14H2,1H3,(H2,22,23,24). The Morgan fingerprint density at radius 3 is 2.81 bits per heavy atom. The van der Waals surface area contributed by atoms with Crippen molar-refractivity contribution in [2.45, 2.75) is 51.1 Å². The minimum atomic E-state index is 0.253. The Morgan fingerprint density at radius 1 is 1.27 bits per heavy atom. The van der Waals surface area contributed by atoms with Gasteiger partial charge in [-0.3, -0.25) is 9.79 Å². The number of carbonyl (C=O) groups excluding carboxylic acids is 1. The van der Waals surface area contributed by atoms with Gasteiger partial charge in [-0.2, -0.15) is 0 Å². The van der Waals surface area contributed by atoms with E-state index in [9.17, 15) is 4.79 Å². The lowest BCUT2D eigenvalue weighted by atomic mass is 9.88. The molecule has 1 aromatic rings. The zero-order valence-electron chi connectivity index (χ0n) is 15.5. The van der Waals surface area contributed by atoms with Crippen molar-refractivity contribution in [2.24, 2.45) is 10.9 Å². The molecule has 1 atom stereocenters. The fourth-order valence-corrected chi connectivity index (χ4v) is 4.12. The number of hydrogen-bond donors (Lipinski definition) is 2. The number of likely N-dealkylation sites (tertiary alicyclic amines) is 1. The van der Waals surface area contributed by atoms with E-state index in [1.54, 1.807) is 7.05 Å². The summed E-state index contributed by atoms with van der Waals surface area (Å²) in [6, 6.07) is 8.05. The zero-order valence-corrected chi connectivity index (χ0v) is 16.3. The number of nitrogens with zero attached hydrogens (tertiary/aromatic N) is 2. The molecule has 5 nitrogen and oxygen atoms in total. The maximum absolute atomic E-state index is 12.7. The van der Waals surface area contributed by atoms with Crippen LogP contribution in [0.2, 0.25) is 5.02 Å². The van der Waals surface area contributed by atoms with Crippen LogP contribution >= 0.6 is 11.6 Å². The number of carbonyl (C=O) groups is 1. The molecule has 142 valence electrons. The summed E-state index contributed by atoms with van der Waals surface area (Å²) in [5, 5.41) is 7.51. The van der Waals surface area contributed by atoms with Gasteiger partial charge in [-0.15, -0.1) is 0 Å². The molecule has 1 aliphatic carbocycles. The van der Waals surface area contributed by atoms with Crippen molar-refractivity contribution in [1.82, 2.24) is 15.5 Å². The molecule has 0 radical (unpaired) electrons. The number of rotatable bonds is 4. The summed E-state index contributed by atoms with van der Waals surface area (Å²) < 4.78 is 0. The van der Waals surface area contributed by atoms with E-state index in [2.05, 4.69) is 15.6 Å². The number of guanidine groups is 1. The number of hydrogen-bond acceptors (Lipinski definition) is 2. The van der Waals surface area contributed by atoms with Crippen molar-refractivity contribution in [3.63, 3.8) is 0 Å². The third-order valence-corrected chi connectivity index (χ3v) is 5.60. The Kier molecular flexibility index (Phi) is 6.78. The zero-order chi connectivity index (χ0) is 18.4. The van der Waals surface area contributed by atoms with Crippen LogP contribution in [-0.2, 0) is 11.3 Å². The average molecular weight is 377 g/mol. The molecule has 2 N–H and O–H groups in total. The molecule has 1 aliphatic heterocycles. The minimum Gasteiger partial charge on any atom is -0.352 e. The molecule has 1 aromatic carbocycles. The smallest absolute Gasteiger partial charge is 0.225 e. The predicted molar refractivity (Wildman–Crippen MR) is 106 cm³/mol. The number of amides is 1. The number of aliphatic imine (C=N–C) groups is 1. The topological polar surface area (TPSA) is 56.7 Å². The van der Waals surface area contributed by atoms with Gasteiger partial charge in [-0.1, -0.05) is 43.0 Å². The molecular formula is C20H29ClN4O. The minimum absolute atomic E-state index is 0.253. The van der Waals surface area contributed by atoms with Crippen LogP contribution in [0.1, 0.15) is 44.1 Å². The first-order valence-corrected chi connectivity index (χ1v) is 10.0. The Morgan fingerprint density at radius 2 is 2.08 bits per heavy atom. The molecule has 0 bridgehead atoms. The second kappa shape index (κ2) is 9.26. The van der Waals surface area contributed by atoms with E-state index < -0.39 is 0 Å². The van der Waals surface area contributed by atoms with Gasteiger partial charge >= 0.3 is 0 Å². The van der Waals surface area contributed by atoms with E-state index >= 15 is 0 Å². The summed E-state index contributed by atoms with van der Waals surface area (Å²) in [6.45, 7) is 2.28. The van der Waals surface area contributed by atoms with Crippen molar-refractivity contribution in [1.29, 1.82) is 0 Å². The molecule has 0 aromatic heterocycles. The van der Waals surface area contributed by atoms with Crippen molar-refractivity contribution in [3.05, 3.63) is 34.9 Å². The summed E-state index contributed by atoms with van der Waals surface area (Å²) >= 11 is 6.03. The summed E-state index contributed by atoms with van der Waals surface area (Å²) in [7, 11) is 1.77. The van der Waals surface area contributed by atoms with Crippen molar-refractivity contribution >= 4 is 23.5 Å². The molecule has 1 amide bonds.